The molecule has 0 atom stereocenters. The van der Waals surface area contributed by atoms with E-state index in [2.05, 4.69) is 0 Å². The first kappa shape index (κ1) is 10.5. The Morgan fingerprint density at radius 3 is 2.44 bits per heavy atom. The Kier molecular flexibility index (Phi) is 2.77. The van der Waals surface area contributed by atoms with E-state index in [-0.39, 0.29) is 0 Å². The van der Waals surface area contributed by atoms with E-state index in [9.17, 15) is 5.21 Å². The zero-order valence-electron chi connectivity index (χ0n) is 9.31. The molecule has 3 heteroatoms. The topological polar surface area (TPSA) is 35.3 Å². The van der Waals surface area contributed by atoms with Crippen molar-refractivity contribution >= 4 is 17.0 Å². The zero-order valence-corrected chi connectivity index (χ0v) is 9.31. The molecule has 0 saturated heterocycles. The molecular weight excluding hydrogens is 202 g/mol. The van der Waals surface area contributed by atoms with E-state index < -0.39 is 0 Å². The van der Waals surface area contributed by atoms with E-state index >= 15 is 0 Å². The summed E-state index contributed by atoms with van der Waals surface area (Å²) in [5.74, 6) is 0.821. The van der Waals surface area contributed by atoms with E-state index in [1.54, 1.807) is 13.3 Å². The Morgan fingerprint density at radius 2 is 1.81 bits per heavy atom. The number of ether oxygens (including phenoxy) is 1. The van der Waals surface area contributed by atoms with Crippen molar-refractivity contribution in [2.75, 3.05) is 14.2 Å². The predicted molar refractivity (Wildman–Crippen MR) is 65.2 cm³/mol. The summed E-state index contributed by atoms with van der Waals surface area (Å²) in [4.78, 5) is 0. The fourth-order valence-corrected chi connectivity index (χ4v) is 1.78. The number of nitrogens with zero attached hydrogens (tertiary/aromatic N) is 1. The lowest BCUT2D eigenvalue weighted by Gasteiger charge is -2.07. The highest BCUT2D eigenvalue weighted by Crippen LogP contribution is 2.27. The minimum Gasteiger partial charge on any atom is -0.624 e. The molecule has 0 N–H and O–H groups in total. The second-order valence-corrected chi connectivity index (χ2v) is 3.58. The molecule has 0 aromatic heterocycles. The molecule has 0 saturated carbocycles. The SMILES string of the molecule is COc1ccc(/C=[N+](\C)[O-])c2ccccc12. The second-order valence-electron chi connectivity index (χ2n) is 3.58. The van der Waals surface area contributed by atoms with Crippen LogP contribution >= 0.6 is 0 Å². The van der Waals surface area contributed by atoms with Crippen LogP contribution in [0.2, 0.25) is 0 Å². The van der Waals surface area contributed by atoms with Crippen LogP contribution in [0.4, 0.5) is 0 Å². The minimum atomic E-state index is 0.800. The molecule has 0 fully saturated rings. The Bertz CT molecular complexity index is 543. The van der Waals surface area contributed by atoms with E-state index in [0.29, 0.717) is 0 Å². The first-order valence-electron chi connectivity index (χ1n) is 5.03. The van der Waals surface area contributed by atoms with Gasteiger partial charge in [-0.15, -0.1) is 0 Å². The number of fused-ring (bicyclic) bond motifs is 1. The van der Waals surface area contributed by atoms with Crippen LogP contribution in [-0.4, -0.2) is 25.1 Å². The number of methoxy groups -OCH3 is 1. The van der Waals surface area contributed by atoms with Crippen LogP contribution < -0.4 is 4.74 Å². The number of hydrogen-bond acceptors (Lipinski definition) is 2. The van der Waals surface area contributed by atoms with Gasteiger partial charge in [0.1, 0.15) is 12.8 Å². The van der Waals surface area contributed by atoms with Crippen LogP contribution in [0, 0.1) is 5.21 Å². The molecule has 0 aliphatic carbocycles. The summed E-state index contributed by atoms with van der Waals surface area (Å²) in [6, 6.07) is 11.6. The Morgan fingerprint density at radius 1 is 1.12 bits per heavy atom. The van der Waals surface area contributed by atoms with Gasteiger partial charge in [-0.25, -0.2) is 4.74 Å². The third-order valence-electron chi connectivity index (χ3n) is 2.46. The third kappa shape index (κ3) is 1.84. The highest BCUT2D eigenvalue weighted by Gasteiger charge is 2.05. The van der Waals surface area contributed by atoms with Crippen LogP contribution in [0.5, 0.6) is 5.75 Å². The molecule has 0 heterocycles. The molecule has 0 aliphatic heterocycles. The van der Waals surface area contributed by atoms with Crippen molar-refractivity contribution in [2.45, 2.75) is 0 Å². The summed E-state index contributed by atoms with van der Waals surface area (Å²) in [5.41, 5.74) is 0.897. The molecule has 2 aromatic carbocycles. The first-order chi connectivity index (χ1) is 7.72. The maximum Gasteiger partial charge on any atom is 0.182 e. The molecule has 2 aromatic rings. The lowest BCUT2D eigenvalue weighted by Crippen LogP contribution is -1.98. The lowest BCUT2D eigenvalue weighted by atomic mass is 10.0. The molecule has 0 spiro atoms. The third-order valence-corrected chi connectivity index (χ3v) is 2.46. The average Bonchev–Trinajstić information content (AvgIpc) is 2.29. The van der Waals surface area contributed by atoms with E-state index in [1.807, 2.05) is 36.4 Å². The van der Waals surface area contributed by atoms with E-state index in [0.717, 1.165) is 26.8 Å². The molecule has 0 radical (unpaired) electrons. The van der Waals surface area contributed by atoms with Gasteiger partial charge in [0.15, 0.2) is 6.21 Å². The smallest absolute Gasteiger partial charge is 0.182 e. The molecule has 0 amide bonds. The molecule has 82 valence electrons. The maximum atomic E-state index is 11.0. The predicted octanol–water partition coefficient (Wildman–Crippen LogP) is 2.41. The second kappa shape index (κ2) is 4.23. The highest BCUT2D eigenvalue weighted by atomic mass is 16.5. The Balaban J connectivity index is 2.74. The van der Waals surface area contributed by atoms with Crippen molar-refractivity contribution in [3.8, 4) is 5.75 Å². The van der Waals surface area contributed by atoms with E-state index in [1.165, 1.54) is 7.05 Å². The summed E-state index contributed by atoms with van der Waals surface area (Å²) in [6.45, 7) is 0. The summed E-state index contributed by atoms with van der Waals surface area (Å²) in [7, 11) is 3.11. The maximum absolute atomic E-state index is 11.0. The van der Waals surface area contributed by atoms with Crippen LogP contribution in [0.15, 0.2) is 36.4 Å². The number of benzene rings is 2. The van der Waals surface area contributed by atoms with Gasteiger partial charge in [0.25, 0.3) is 0 Å². The molecule has 3 nitrogen and oxygen atoms in total. The van der Waals surface area contributed by atoms with Crippen molar-refractivity contribution in [3.05, 3.63) is 47.2 Å². The van der Waals surface area contributed by atoms with Crippen molar-refractivity contribution < 1.29 is 9.48 Å². The molecule has 16 heavy (non-hydrogen) atoms. The molecule has 0 aliphatic rings. The fraction of sp³-hybridized carbons (Fsp3) is 0.154. The van der Waals surface area contributed by atoms with Gasteiger partial charge in [0.2, 0.25) is 0 Å². The van der Waals surface area contributed by atoms with Gasteiger partial charge in [-0.1, -0.05) is 24.3 Å². The zero-order chi connectivity index (χ0) is 11.5. The molecule has 2 rings (SSSR count). The van der Waals surface area contributed by atoms with Crippen molar-refractivity contribution in [1.82, 2.24) is 0 Å². The highest BCUT2D eigenvalue weighted by molar-refractivity contribution is 6.01. The Hall–Kier alpha value is -2.03. The van der Waals surface area contributed by atoms with Gasteiger partial charge in [0, 0.05) is 10.9 Å². The number of hydroxylamine groups is 1. The fourth-order valence-electron chi connectivity index (χ4n) is 1.78. The quantitative estimate of drug-likeness (QED) is 0.334. The number of hydrogen-bond donors (Lipinski definition) is 0. The lowest BCUT2D eigenvalue weighted by molar-refractivity contribution is -0.416. The summed E-state index contributed by atoms with van der Waals surface area (Å²) in [6.07, 6.45) is 1.56. The summed E-state index contributed by atoms with van der Waals surface area (Å²) in [5, 5.41) is 13.1. The molecule has 0 unspecified atom stereocenters. The van der Waals surface area contributed by atoms with Gasteiger partial charge in [-0.05, 0) is 17.5 Å². The summed E-state index contributed by atoms with van der Waals surface area (Å²) >= 11 is 0. The molecule has 0 bridgehead atoms. The monoisotopic (exact) mass is 215 g/mol. The van der Waals surface area contributed by atoms with Crippen LogP contribution in [0.1, 0.15) is 5.56 Å². The van der Waals surface area contributed by atoms with Gasteiger partial charge in [-0.2, -0.15) is 0 Å². The standard InChI is InChI=1S/C13H13NO2/c1-14(15)9-10-7-8-13(16-2)12-6-4-3-5-11(10)12/h3-9H,1-2H3/b14-9+. The van der Waals surface area contributed by atoms with Crippen LogP contribution in [0.25, 0.3) is 10.8 Å². The van der Waals surface area contributed by atoms with Crippen LogP contribution in [-0.2, 0) is 0 Å². The average molecular weight is 215 g/mol. The van der Waals surface area contributed by atoms with Gasteiger partial charge in [-0.3, -0.25) is 0 Å². The van der Waals surface area contributed by atoms with Crippen molar-refractivity contribution in [3.63, 3.8) is 0 Å². The minimum absolute atomic E-state index is 0.800. The Labute approximate surface area is 94.2 Å². The van der Waals surface area contributed by atoms with Gasteiger partial charge in [0.05, 0.1) is 7.11 Å². The summed E-state index contributed by atoms with van der Waals surface area (Å²) < 4.78 is 6.08. The van der Waals surface area contributed by atoms with E-state index in [4.69, 9.17) is 4.74 Å². The normalized spacial score (nSPS) is 11.8. The van der Waals surface area contributed by atoms with Gasteiger partial charge < -0.3 is 9.94 Å². The number of rotatable bonds is 2. The first-order valence-corrected chi connectivity index (χ1v) is 5.03. The van der Waals surface area contributed by atoms with Crippen molar-refractivity contribution in [1.29, 1.82) is 0 Å². The van der Waals surface area contributed by atoms with Gasteiger partial charge >= 0.3 is 0 Å². The van der Waals surface area contributed by atoms with Crippen molar-refractivity contribution in [2.24, 2.45) is 0 Å². The van der Waals surface area contributed by atoms with Crippen LogP contribution in [0.3, 0.4) is 0 Å². The largest absolute Gasteiger partial charge is 0.624 e. The molecular formula is C13H13NO2.